The summed E-state index contributed by atoms with van der Waals surface area (Å²) >= 11 is 0. The van der Waals surface area contributed by atoms with Crippen molar-refractivity contribution in [1.82, 2.24) is 10.2 Å². The molecule has 1 atom stereocenters. The smallest absolute Gasteiger partial charge is 0.00870 e. The van der Waals surface area contributed by atoms with Gasteiger partial charge in [0.05, 0.1) is 0 Å². The van der Waals surface area contributed by atoms with Gasteiger partial charge in [-0.25, -0.2) is 0 Å². The van der Waals surface area contributed by atoms with Gasteiger partial charge < -0.3 is 10.2 Å². The largest absolute Gasteiger partial charge is 0.320 e. The zero-order valence-electron chi connectivity index (χ0n) is 8.35. The minimum atomic E-state index is 0.767. The first-order valence-electron chi connectivity index (χ1n) is 4.53. The summed E-state index contributed by atoms with van der Waals surface area (Å²) in [5.74, 6) is 0. The first kappa shape index (κ1) is 10.9. The third-order valence-electron chi connectivity index (χ3n) is 2.17. The second-order valence-corrected chi connectivity index (χ2v) is 3.27. The van der Waals surface area contributed by atoms with Gasteiger partial charge in [0, 0.05) is 6.04 Å². The molecular formula is C9H22N2. The maximum absolute atomic E-state index is 3.17. The topological polar surface area (TPSA) is 15.3 Å². The summed E-state index contributed by atoms with van der Waals surface area (Å²) < 4.78 is 0. The van der Waals surface area contributed by atoms with Gasteiger partial charge in [0.15, 0.2) is 0 Å². The van der Waals surface area contributed by atoms with Crippen LogP contribution in [-0.2, 0) is 0 Å². The van der Waals surface area contributed by atoms with Crippen molar-refractivity contribution >= 4 is 0 Å². The van der Waals surface area contributed by atoms with E-state index in [-0.39, 0.29) is 0 Å². The van der Waals surface area contributed by atoms with E-state index in [1.54, 1.807) is 0 Å². The molecule has 0 fully saturated rings. The molecule has 0 aliphatic rings. The fourth-order valence-corrected chi connectivity index (χ4v) is 1.34. The molecular weight excluding hydrogens is 136 g/mol. The lowest BCUT2D eigenvalue weighted by Gasteiger charge is -2.22. The van der Waals surface area contributed by atoms with E-state index in [4.69, 9.17) is 0 Å². The van der Waals surface area contributed by atoms with E-state index in [2.05, 4.69) is 31.2 Å². The molecule has 0 aliphatic carbocycles. The normalized spacial score (nSPS) is 13.9. The molecule has 0 spiro atoms. The van der Waals surface area contributed by atoms with Crippen LogP contribution in [0.2, 0.25) is 0 Å². The molecule has 0 bridgehead atoms. The molecule has 0 amide bonds. The van der Waals surface area contributed by atoms with Crippen LogP contribution in [0.25, 0.3) is 0 Å². The average Bonchev–Trinajstić information content (AvgIpc) is 1.97. The Morgan fingerprint density at radius 3 is 2.36 bits per heavy atom. The highest BCUT2D eigenvalue weighted by atomic mass is 15.1. The number of rotatable bonds is 6. The Labute approximate surface area is 71.0 Å². The van der Waals surface area contributed by atoms with Gasteiger partial charge in [-0.2, -0.15) is 0 Å². The molecule has 0 aromatic heterocycles. The van der Waals surface area contributed by atoms with E-state index in [0.717, 1.165) is 12.6 Å². The van der Waals surface area contributed by atoms with Crippen LogP contribution >= 0.6 is 0 Å². The quantitative estimate of drug-likeness (QED) is 0.587. The molecule has 0 rings (SSSR count). The van der Waals surface area contributed by atoms with Gasteiger partial charge in [0.2, 0.25) is 0 Å². The van der Waals surface area contributed by atoms with E-state index in [0.29, 0.717) is 0 Å². The molecule has 1 N–H and O–H groups in total. The molecule has 0 saturated carbocycles. The van der Waals surface area contributed by atoms with Crippen molar-refractivity contribution in [1.29, 1.82) is 0 Å². The minimum Gasteiger partial charge on any atom is -0.320 e. The molecule has 0 radical (unpaired) electrons. The Kier molecular flexibility index (Phi) is 6.57. The van der Waals surface area contributed by atoms with Crippen molar-refractivity contribution in [2.75, 3.05) is 27.7 Å². The Hall–Kier alpha value is -0.0800. The van der Waals surface area contributed by atoms with Gasteiger partial charge >= 0.3 is 0 Å². The summed E-state index contributed by atoms with van der Waals surface area (Å²) in [6.07, 6.45) is 3.86. The van der Waals surface area contributed by atoms with E-state index >= 15 is 0 Å². The zero-order chi connectivity index (χ0) is 8.69. The molecule has 2 heteroatoms. The second kappa shape index (κ2) is 6.62. The lowest BCUT2D eigenvalue weighted by molar-refractivity contribution is 0.266. The first-order chi connectivity index (χ1) is 5.22. The summed E-state index contributed by atoms with van der Waals surface area (Å²) in [5.41, 5.74) is 0. The number of hydrogen-bond donors (Lipinski definition) is 1. The van der Waals surface area contributed by atoms with Gasteiger partial charge in [0.25, 0.3) is 0 Å². The van der Waals surface area contributed by atoms with Gasteiger partial charge in [-0.05, 0) is 47.0 Å². The third kappa shape index (κ3) is 5.22. The Balaban J connectivity index is 3.36. The monoisotopic (exact) mass is 158 g/mol. The van der Waals surface area contributed by atoms with Gasteiger partial charge in [0.1, 0.15) is 0 Å². The number of nitrogens with one attached hydrogen (secondary N) is 1. The SMILES string of the molecule is CC[C@H](CCCNC)N(C)C. The molecule has 2 nitrogen and oxygen atoms in total. The van der Waals surface area contributed by atoms with Crippen molar-refractivity contribution in [3.63, 3.8) is 0 Å². The molecule has 11 heavy (non-hydrogen) atoms. The van der Waals surface area contributed by atoms with Gasteiger partial charge in [-0.3, -0.25) is 0 Å². The van der Waals surface area contributed by atoms with Crippen molar-refractivity contribution < 1.29 is 0 Å². The molecule has 68 valence electrons. The summed E-state index contributed by atoms with van der Waals surface area (Å²) in [6.45, 7) is 3.40. The summed E-state index contributed by atoms with van der Waals surface area (Å²) in [6, 6.07) is 0.767. The van der Waals surface area contributed by atoms with Crippen LogP contribution in [0.1, 0.15) is 26.2 Å². The molecule has 0 aliphatic heterocycles. The maximum atomic E-state index is 3.17. The van der Waals surface area contributed by atoms with Crippen LogP contribution in [0.5, 0.6) is 0 Å². The van der Waals surface area contributed by atoms with Crippen LogP contribution in [-0.4, -0.2) is 38.6 Å². The summed E-state index contributed by atoms with van der Waals surface area (Å²) in [4.78, 5) is 2.32. The lowest BCUT2D eigenvalue weighted by atomic mass is 10.1. The van der Waals surface area contributed by atoms with Crippen molar-refractivity contribution in [2.24, 2.45) is 0 Å². The lowest BCUT2D eigenvalue weighted by Crippen LogP contribution is -2.27. The van der Waals surface area contributed by atoms with Crippen molar-refractivity contribution in [3.8, 4) is 0 Å². The zero-order valence-corrected chi connectivity index (χ0v) is 8.35. The molecule has 0 aromatic rings. The standard InChI is InChI=1S/C9H22N2/c1-5-9(11(3)4)7-6-8-10-2/h9-10H,5-8H2,1-4H3/t9-/m1/s1. The van der Waals surface area contributed by atoms with Gasteiger partial charge in [-0.15, -0.1) is 0 Å². The Bertz CT molecular complexity index is 81.6. The Morgan fingerprint density at radius 1 is 1.36 bits per heavy atom. The second-order valence-electron chi connectivity index (χ2n) is 3.27. The molecule has 0 saturated heterocycles. The van der Waals surface area contributed by atoms with Crippen molar-refractivity contribution in [2.45, 2.75) is 32.2 Å². The first-order valence-corrected chi connectivity index (χ1v) is 4.53. The highest BCUT2D eigenvalue weighted by Gasteiger charge is 2.06. The van der Waals surface area contributed by atoms with Crippen LogP contribution in [0, 0.1) is 0 Å². The molecule has 0 unspecified atom stereocenters. The highest BCUT2D eigenvalue weighted by Crippen LogP contribution is 2.06. The predicted octanol–water partition coefficient (Wildman–Crippen LogP) is 1.33. The molecule has 0 heterocycles. The summed E-state index contributed by atoms with van der Waals surface area (Å²) in [5, 5.41) is 3.17. The van der Waals surface area contributed by atoms with Crippen LogP contribution in [0.4, 0.5) is 0 Å². The predicted molar refractivity (Wildman–Crippen MR) is 50.9 cm³/mol. The summed E-state index contributed by atoms with van der Waals surface area (Å²) in [7, 11) is 6.33. The Morgan fingerprint density at radius 2 is 2.00 bits per heavy atom. The average molecular weight is 158 g/mol. The molecule has 0 aromatic carbocycles. The number of hydrogen-bond acceptors (Lipinski definition) is 2. The minimum absolute atomic E-state index is 0.767. The highest BCUT2D eigenvalue weighted by molar-refractivity contribution is 4.63. The van der Waals surface area contributed by atoms with Crippen LogP contribution < -0.4 is 5.32 Å². The van der Waals surface area contributed by atoms with Crippen LogP contribution in [0.15, 0.2) is 0 Å². The fraction of sp³-hybridized carbons (Fsp3) is 1.00. The van der Waals surface area contributed by atoms with Crippen LogP contribution in [0.3, 0.4) is 0 Å². The van der Waals surface area contributed by atoms with Gasteiger partial charge in [-0.1, -0.05) is 6.92 Å². The van der Waals surface area contributed by atoms with Crippen molar-refractivity contribution in [3.05, 3.63) is 0 Å². The van der Waals surface area contributed by atoms with E-state index < -0.39 is 0 Å². The number of nitrogens with zero attached hydrogens (tertiary/aromatic N) is 1. The fourth-order valence-electron chi connectivity index (χ4n) is 1.34. The maximum Gasteiger partial charge on any atom is 0.00870 e. The van der Waals surface area contributed by atoms with E-state index in [9.17, 15) is 0 Å². The van der Waals surface area contributed by atoms with E-state index in [1.807, 2.05) is 7.05 Å². The third-order valence-corrected chi connectivity index (χ3v) is 2.17. The van der Waals surface area contributed by atoms with E-state index in [1.165, 1.54) is 19.3 Å².